The van der Waals surface area contributed by atoms with E-state index in [2.05, 4.69) is 25.1 Å². The van der Waals surface area contributed by atoms with Gasteiger partial charge in [0.1, 0.15) is 11.5 Å². The quantitative estimate of drug-likeness (QED) is 0.685. The molecule has 1 N–H and O–H groups in total. The second kappa shape index (κ2) is 10.4. The monoisotopic (exact) mass is 338 g/mol. The van der Waals surface area contributed by atoms with Crippen molar-refractivity contribution in [3.8, 4) is 11.5 Å². The minimum atomic E-state index is 0.224. The number of aryl methyl sites for hydroxylation is 2. The highest BCUT2D eigenvalue weighted by Crippen LogP contribution is 2.22. The van der Waals surface area contributed by atoms with E-state index in [4.69, 9.17) is 4.74 Å². The third-order valence-corrected chi connectivity index (χ3v) is 3.40. The molecule has 0 amide bonds. The number of phenolic OH excluding ortho intramolecular Hbond substituents is 1. The van der Waals surface area contributed by atoms with Gasteiger partial charge in [-0.25, -0.2) is 0 Å². The molecule has 0 unspecified atom stereocenters. The van der Waals surface area contributed by atoms with Gasteiger partial charge in [0.05, 0.1) is 6.10 Å². The smallest absolute Gasteiger partial charge is 0.126 e. The highest BCUT2D eigenvalue weighted by molar-refractivity contribution is 5.58. The van der Waals surface area contributed by atoms with Crippen molar-refractivity contribution in [1.29, 1.82) is 0 Å². The highest BCUT2D eigenvalue weighted by atomic mass is 16.5. The summed E-state index contributed by atoms with van der Waals surface area (Å²) in [5.41, 5.74) is 4.46. The molecule has 2 aromatic rings. The van der Waals surface area contributed by atoms with Crippen LogP contribution in [0.1, 0.15) is 49.9 Å². The summed E-state index contributed by atoms with van der Waals surface area (Å²) in [5.74, 6) is 1.30. The minimum Gasteiger partial charge on any atom is -0.507 e. The number of aromatic hydroxyl groups is 1. The zero-order chi connectivity index (χ0) is 18.8. The van der Waals surface area contributed by atoms with Gasteiger partial charge < -0.3 is 9.84 Å². The van der Waals surface area contributed by atoms with Gasteiger partial charge in [0, 0.05) is 11.1 Å². The van der Waals surface area contributed by atoms with E-state index in [1.54, 1.807) is 6.07 Å². The van der Waals surface area contributed by atoms with Crippen LogP contribution in [0.5, 0.6) is 11.5 Å². The van der Waals surface area contributed by atoms with Gasteiger partial charge in [-0.15, -0.1) is 0 Å². The first-order chi connectivity index (χ1) is 11.9. The molecule has 134 valence electrons. The Kier molecular flexibility index (Phi) is 8.55. The Morgan fingerprint density at radius 2 is 1.36 bits per heavy atom. The topological polar surface area (TPSA) is 29.5 Å². The maximum absolute atomic E-state index is 9.31. The first-order valence-corrected chi connectivity index (χ1v) is 8.69. The predicted molar refractivity (Wildman–Crippen MR) is 109 cm³/mol. The van der Waals surface area contributed by atoms with Crippen LogP contribution < -0.4 is 4.74 Å². The van der Waals surface area contributed by atoms with Gasteiger partial charge in [-0.05, 0) is 65.8 Å². The number of allylic oxidation sites excluding steroid dienone is 2. The van der Waals surface area contributed by atoms with Gasteiger partial charge >= 0.3 is 0 Å². The van der Waals surface area contributed by atoms with Crippen LogP contribution in [0.25, 0.3) is 12.2 Å². The maximum Gasteiger partial charge on any atom is 0.126 e. The van der Waals surface area contributed by atoms with Gasteiger partial charge in [-0.1, -0.05) is 47.6 Å². The molecule has 0 aliphatic heterocycles. The SMILES string of the molecule is CC=Cc1cc(C)ccc1O.CC=Cc1cc(C)ccc1OC(C)C. The van der Waals surface area contributed by atoms with Crippen molar-refractivity contribution in [2.45, 2.75) is 47.6 Å². The highest BCUT2D eigenvalue weighted by Gasteiger charge is 2.02. The standard InChI is InChI=1S/C13H18O.C10H12O/c1-5-6-12-9-11(4)7-8-13(12)14-10(2)3;1-3-4-9-7-8(2)5-6-10(9)11/h5-10H,1-4H3;3-7,11H,1-2H3. The number of rotatable bonds is 4. The summed E-state index contributed by atoms with van der Waals surface area (Å²) in [5, 5.41) is 9.31. The molecule has 2 aromatic carbocycles. The van der Waals surface area contributed by atoms with E-state index in [0.717, 1.165) is 22.4 Å². The van der Waals surface area contributed by atoms with Crippen molar-refractivity contribution >= 4 is 12.2 Å². The molecule has 0 radical (unpaired) electrons. The van der Waals surface area contributed by atoms with E-state index < -0.39 is 0 Å². The molecule has 0 atom stereocenters. The third kappa shape index (κ3) is 7.30. The molecule has 2 rings (SSSR count). The lowest BCUT2D eigenvalue weighted by Gasteiger charge is -2.12. The van der Waals surface area contributed by atoms with Crippen molar-refractivity contribution in [1.82, 2.24) is 0 Å². The minimum absolute atomic E-state index is 0.224. The fourth-order valence-corrected chi connectivity index (χ4v) is 2.33. The lowest BCUT2D eigenvalue weighted by molar-refractivity contribution is 0.242. The van der Waals surface area contributed by atoms with Gasteiger partial charge in [0.25, 0.3) is 0 Å². The average Bonchev–Trinajstić information content (AvgIpc) is 2.54. The summed E-state index contributed by atoms with van der Waals surface area (Å²) in [6, 6.07) is 11.8. The largest absolute Gasteiger partial charge is 0.507 e. The summed E-state index contributed by atoms with van der Waals surface area (Å²) in [4.78, 5) is 0. The molecule has 25 heavy (non-hydrogen) atoms. The summed E-state index contributed by atoms with van der Waals surface area (Å²) in [6.45, 7) is 12.1. The van der Waals surface area contributed by atoms with Crippen molar-refractivity contribution < 1.29 is 9.84 Å². The van der Waals surface area contributed by atoms with E-state index in [1.165, 1.54) is 5.56 Å². The molecular weight excluding hydrogens is 308 g/mol. The van der Waals surface area contributed by atoms with Crippen LogP contribution in [-0.2, 0) is 0 Å². The number of phenols is 1. The zero-order valence-corrected chi connectivity index (χ0v) is 16.2. The molecule has 0 bridgehead atoms. The fraction of sp³-hybridized carbons (Fsp3) is 0.304. The molecule has 2 heteroatoms. The molecule has 0 aromatic heterocycles. The summed E-state index contributed by atoms with van der Waals surface area (Å²) >= 11 is 0. The summed E-state index contributed by atoms with van der Waals surface area (Å²) in [7, 11) is 0. The molecule has 0 fully saturated rings. The molecule has 0 spiro atoms. The van der Waals surface area contributed by atoms with Crippen LogP contribution in [-0.4, -0.2) is 11.2 Å². The maximum atomic E-state index is 9.31. The molecule has 2 nitrogen and oxygen atoms in total. The van der Waals surface area contributed by atoms with E-state index in [-0.39, 0.29) is 6.10 Å². The summed E-state index contributed by atoms with van der Waals surface area (Å²) < 4.78 is 5.70. The van der Waals surface area contributed by atoms with Crippen LogP contribution in [0.15, 0.2) is 48.6 Å². The number of benzene rings is 2. The zero-order valence-electron chi connectivity index (χ0n) is 16.2. The van der Waals surface area contributed by atoms with Crippen molar-refractivity contribution in [3.63, 3.8) is 0 Å². The second-order valence-corrected chi connectivity index (χ2v) is 6.27. The van der Waals surface area contributed by atoms with E-state index in [1.807, 2.05) is 71.0 Å². The van der Waals surface area contributed by atoms with Gasteiger partial charge in [0.15, 0.2) is 0 Å². The normalized spacial score (nSPS) is 11.0. The van der Waals surface area contributed by atoms with Gasteiger partial charge in [0.2, 0.25) is 0 Å². The van der Waals surface area contributed by atoms with Crippen LogP contribution in [0.3, 0.4) is 0 Å². The van der Waals surface area contributed by atoms with E-state index in [0.29, 0.717) is 5.75 Å². The van der Waals surface area contributed by atoms with E-state index >= 15 is 0 Å². The Balaban J connectivity index is 0.000000257. The van der Waals surface area contributed by atoms with Gasteiger partial charge in [-0.3, -0.25) is 0 Å². The molecule has 0 aliphatic rings. The molecule has 0 saturated heterocycles. The average molecular weight is 338 g/mol. The van der Waals surface area contributed by atoms with Crippen LogP contribution in [0, 0.1) is 13.8 Å². The molecule has 0 aliphatic carbocycles. The van der Waals surface area contributed by atoms with E-state index in [9.17, 15) is 5.11 Å². The Morgan fingerprint density at radius 3 is 1.92 bits per heavy atom. The van der Waals surface area contributed by atoms with Crippen molar-refractivity contribution in [3.05, 3.63) is 70.8 Å². The van der Waals surface area contributed by atoms with Crippen molar-refractivity contribution in [2.75, 3.05) is 0 Å². The molecule has 0 heterocycles. The van der Waals surface area contributed by atoms with Crippen molar-refractivity contribution in [2.24, 2.45) is 0 Å². The fourth-order valence-electron chi connectivity index (χ4n) is 2.33. The second-order valence-electron chi connectivity index (χ2n) is 6.27. The lowest BCUT2D eigenvalue weighted by Crippen LogP contribution is -2.06. The first kappa shape index (κ1) is 20.6. The number of hydrogen-bond donors (Lipinski definition) is 1. The molecular formula is C23H30O2. The Bertz CT molecular complexity index is 725. The predicted octanol–water partition coefficient (Wildman–Crippen LogP) is 6.55. The lowest BCUT2D eigenvalue weighted by atomic mass is 10.1. The van der Waals surface area contributed by atoms with Crippen LogP contribution in [0.2, 0.25) is 0 Å². The van der Waals surface area contributed by atoms with Gasteiger partial charge in [-0.2, -0.15) is 0 Å². The molecule has 0 saturated carbocycles. The third-order valence-electron chi connectivity index (χ3n) is 3.40. The van der Waals surface area contributed by atoms with Crippen LogP contribution >= 0.6 is 0 Å². The summed E-state index contributed by atoms with van der Waals surface area (Å²) in [6.07, 6.45) is 8.13. The van der Waals surface area contributed by atoms with Crippen LogP contribution in [0.4, 0.5) is 0 Å². The number of ether oxygens (including phenoxy) is 1. The Labute approximate surface area is 152 Å². The number of hydrogen-bond acceptors (Lipinski definition) is 2. The first-order valence-electron chi connectivity index (χ1n) is 8.69. The Morgan fingerprint density at radius 1 is 0.840 bits per heavy atom. The Hall–Kier alpha value is -2.48.